The van der Waals surface area contributed by atoms with E-state index in [0.29, 0.717) is 27.9 Å². The smallest absolute Gasteiger partial charge is 0.265 e. The zero-order chi connectivity index (χ0) is 12.0. The quantitative estimate of drug-likeness (QED) is 0.926. The summed E-state index contributed by atoms with van der Waals surface area (Å²) in [6.07, 6.45) is 2.66. The van der Waals surface area contributed by atoms with Crippen LogP contribution >= 0.6 is 15.9 Å². The summed E-state index contributed by atoms with van der Waals surface area (Å²) < 4.78 is 6.13. The van der Waals surface area contributed by atoms with Gasteiger partial charge in [-0.05, 0) is 40.4 Å². The number of hydrogen-bond donors (Lipinski definition) is 1. The molecular weight excluding hydrogens is 284 g/mol. The third-order valence-electron chi connectivity index (χ3n) is 3.09. The minimum Gasteiger partial charge on any atom is -0.458 e. The van der Waals surface area contributed by atoms with Crippen molar-refractivity contribution in [3.05, 3.63) is 38.9 Å². The lowest BCUT2D eigenvalue weighted by Crippen LogP contribution is -2.08. The van der Waals surface area contributed by atoms with E-state index in [1.165, 1.54) is 12.6 Å². The maximum Gasteiger partial charge on any atom is 0.265 e. The van der Waals surface area contributed by atoms with Gasteiger partial charge in [0.25, 0.3) is 5.56 Å². The highest BCUT2D eigenvalue weighted by molar-refractivity contribution is 9.10. The van der Waals surface area contributed by atoms with E-state index in [1.54, 1.807) is 0 Å². The Morgan fingerprint density at radius 3 is 2.94 bits per heavy atom. The second kappa shape index (κ2) is 3.84. The summed E-state index contributed by atoms with van der Waals surface area (Å²) in [6.45, 7) is 2.20. The number of nitrogens with zero attached hydrogens (tertiary/aromatic N) is 1. The molecular formula is C12H11BrN2O2. The Bertz CT molecular complexity index is 617. The van der Waals surface area contributed by atoms with Gasteiger partial charge in [-0.15, -0.1) is 0 Å². The first kappa shape index (κ1) is 10.8. The number of furan rings is 1. The van der Waals surface area contributed by atoms with Crippen molar-refractivity contribution in [1.82, 2.24) is 9.97 Å². The highest BCUT2D eigenvalue weighted by Crippen LogP contribution is 2.47. The fraction of sp³-hybridized carbons (Fsp3) is 0.333. The van der Waals surface area contributed by atoms with Crippen LogP contribution in [-0.4, -0.2) is 9.97 Å². The van der Waals surface area contributed by atoms with Gasteiger partial charge in [0.05, 0.1) is 0 Å². The average molecular weight is 295 g/mol. The summed E-state index contributed by atoms with van der Waals surface area (Å²) in [5.74, 6) is 3.30. The number of H-pyrrole nitrogens is 1. The van der Waals surface area contributed by atoms with Crippen molar-refractivity contribution in [2.24, 2.45) is 5.92 Å². The van der Waals surface area contributed by atoms with Gasteiger partial charge in [-0.1, -0.05) is 6.92 Å². The van der Waals surface area contributed by atoms with Gasteiger partial charge < -0.3 is 9.40 Å². The molecule has 2 aromatic heterocycles. The van der Waals surface area contributed by atoms with Crippen LogP contribution in [0.5, 0.6) is 0 Å². The molecule has 88 valence electrons. The average Bonchev–Trinajstić information content (AvgIpc) is 2.86. The predicted octanol–water partition coefficient (Wildman–Crippen LogP) is 2.92. The zero-order valence-corrected chi connectivity index (χ0v) is 10.8. The second-order valence-electron chi connectivity index (χ2n) is 4.43. The highest BCUT2D eigenvalue weighted by atomic mass is 79.9. The monoisotopic (exact) mass is 294 g/mol. The van der Waals surface area contributed by atoms with Crippen LogP contribution in [-0.2, 0) is 0 Å². The molecule has 5 heteroatoms. The van der Waals surface area contributed by atoms with Crippen LogP contribution < -0.4 is 5.56 Å². The standard InChI is InChI=1S/C12H11BrN2O2/c1-6-4-7(6)9-2-3-10(17-9)11-14-5-8(13)12(16)15-11/h2-3,5-7H,4H2,1H3,(H,14,15,16). The molecule has 0 radical (unpaired) electrons. The molecule has 1 N–H and O–H groups in total. The van der Waals surface area contributed by atoms with Crippen LogP contribution in [0.25, 0.3) is 11.6 Å². The molecule has 2 unspecified atom stereocenters. The molecule has 0 aromatic carbocycles. The number of halogens is 1. The molecule has 2 aromatic rings. The maximum atomic E-state index is 11.4. The molecule has 0 amide bonds. The minimum atomic E-state index is -0.201. The summed E-state index contributed by atoms with van der Waals surface area (Å²) in [5, 5.41) is 0. The van der Waals surface area contributed by atoms with E-state index in [1.807, 2.05) is 12.1 Å². The fourth-order valence-corrected chi connectivity index (χ4v) is 2.10. The van der Waals surface area contributed by atoms with Crippen LogP contribution in [0.3, 0.4) is 0 Å². The Balaban J connectivity index is 1.95. The lowest BCUT2D eigenvalue weighted by Gasteiger charge is -1.96. The van der Waals surface area contributed by atoms with Crippen LogP contribution in [0.1, 0.15) is 25.0 Å². The topological polar surface area (TPSA) is 58.9 Å². The van der Waals surface area contributed by atoms with Gasteiger partial charge in [0.15, 0.2) is 11.6 Å². The van der Waals surface area contributed by atoms with Crippen molar-refractivity contribution in [1.29, 1.82) is 0 Å². The predicted molar refractivity (Wildman–Crippen MR) is 66.8 cm³/mol. The van der Waals surface area contributed by atoms with E-state index >= 15 is 0 Å². The highest BCUT2D eigenvalue weighted by Gasteiger charge is 2.36. The van der Waals surface area contributed by atoms with Gasteiger partial charge in [0, 0.05) is 12.1 Å². The van der Waals surface area contributed by atoms with E-state index in [0.717, 1.165) is 5.76 Å². The third-order valence-corrected chi connectivity index (χ3v) is 3.66. The van der Waals surface area contributed by atoms with Crippen molar-refractivity contribution < 1.29 is 4.42 Å². The van der Waals surface area contributed by atoms with Gasteiger partial charge >= 0.3 is 0 Å². The van der Waals surface area contributed by atoms with Gasteiger partial charge in [0.2, 0.25) is 0 Å². The lowest BCUT2D eigenvalue weighted by molar-refractivity contribution is 0.514. The van der Waals surface area contributed by atoms with E-state index in [2.05, 4.69) is 32.8 Å². The molecule has 3 rings (SSSR count). The Morgan fingerprint density at radius 1 is 1.53 bits per heavy atom. The normalized spacial score (nSPS) is 22.7. The van der Waals surface area contributed by atoms with Crippen molar-refractivity contribution in [3.63, 3.8) is 0 Å². The Morgan fingerprint density at radius 2 is 2.29 bits per heavy atom. The number of rotatable bonds is 2. The van der Waals surface area contributed by atoms with Crippen molar-refractivity contribution in [2.45, 2.75) is 19.3 Å². The molecule has 1 fully saturated rings. The summed E-state index contributed by atoms with van der Waals surface area (Å²) in [7, 11) is 0. The molecule has 0 bridgehead atoms. The second-order valence-corrected chi connectivity index (χ2v) is 5.28. The molecule has 2 atom stereocenters. The van der Waals surface area contributed by atoms with E-state index in [4.69, 9.17) is 4.42 Å². The Labute approximate surface area is 106 Å². The summed E-state index contributed by atoms with van der Waals surface area (Å²) in [6, 6.07) is 3.82. The molecule has 1 aliphatic carbocycles. The number of aromatic nitrogens is 2. The number of hydrogen-bond acceptors (Lipinski definition) is 3. The molecule has 1 aliphatic rings. The molecule has 17 heavy (non-hydrogen) atoms. The van der Waals surface area contributed by atoms with E-state index in [-0.39, 0.29) is 5.56 Å². The van der Waals surface area contributed by atoms with Crippen LogP contribution in [0.2, 0.25) is 0 Å². The van der Waals surface area contributed by atoms with Crippen LogP contribution in [0.15, 0.2) is 32.0 Å². The van der Waals surface area contributed by atoms with Gasteiger partial charge in [-0.2, -0.15) is 0 Å². The molecule has 0 spiro atoms. The number of nitrogens with one attached hydrogen (secondary N) is 1. The van der Waals surface area contributed by atoms with Crippen molar-refractivity contribution >= 4 is 15.9 Å². The molecule has 4 nitrogen and oxygen atoms in total. The summed E-state index contributed by atoms with van der Waals surface area (Å²) >= 11 is 3.11. The Hall–Kier alpha value is -1.36. The van der Waals surface area contributed by atoms with Gasteiger partial charge in [-0.3, -0.25) is 4.79 Å². The SMILES string of the molecule is CC1CC1c1ccc(-c2ncc(Br)c(=O)[nH]2)o1. The minimum absolute atomic E-state index is 0.201. The van der Waals surface area contributed by atoms with Crippen molar-refractivity contribution in [3.8, 4) is 11.6 Å². The van der Waals surface area contributed by atoms with E-state index < -0.39 is 0 Å². The molecule has 1 saturated carbocycles. The van der Waals surface area contributed by atoms with Gasteiger partial charge in [-0.25, -0.2) is 4.98 Å². The van der Waals surface area contributed by atoms with E-state index in [9.17, 15) is 4.79 Å². The summed E-state index contributed by atoms with van der Waals surface area (Å²) in [5.41, 5.74) is -0.201. The zero-order valence-electron chi connectivity index (χ0n) is 9.24. The maximum absolute atomic E-state index is 11.4. The molecule has 2 heterocycles. The van der Waals surface area contributed by atoms with Crippen molar-refractivity contribution in [2.75, 3.05) is 0 Å². The summed E-state index contributed by atoms with van der Waals surface area (Å²) in [4.78, 5) is 18.2. The van der Waals surface area contributed by atoms with Gasteiger partial charge in [0.1, 0.15) is 10.2 Å². The largest absolute Gasteiger partial charge is 0.458 e. The lowest BCUT2D eigenvalue weighted by atomic mass is 10.3. The van der Waals surface area contributed by atoms with Crippen LogP contribution in [0, 0.1) is 5.92 Å². The molecule has 0 aliphatic heterocycles. The third kappa shape index (κ3) is 1.95. The first-order valence-corrected chi connectivity index (χ1v) is 6.29. The Kier molecular flexibility index (Phi) is 2.43. The molecule has 0 saturated heterocycles. The first-order chi connectivity index (χ1) is 8.15. The number of aromatic amines is 1. The first-order valence-electron chi connectivity index (χ1n) is 5.50. The van der Waals surface area contributed by atoms with Crippen LogP contribution in [0.4, 0.5) is 0 Å². The fourth-order valence-electron chi connectivity index (χ4n) is 1.90.